The van der Waals surface area contributed by atoms with E-state index in [1.807, 2.05) is 4.90 Å². The maximum Gasteiger partial charge on any atom is 0.225 e. The average Bonchev–Trinajstić information content (AvgIpc) is 2.65. The Morgan fingerprint density at radius 1 is 1.53 bits per heavy atom. The minimum absolute atomic E-state index is 0.206. The summed E-state index contributed by atoms with van der Waals surface area (Å²) in [7, 11) is 0. The normalized spacial score (nSPS) is 23.1. The van der Waals surface area contributed by atoms with Crippen LogP contribution in [-0.4, -0.2) is 29.9 Å². The van der Waals surface area contributed by atoms with Gasteiger partial charge >= 0.3 is 0 Å². The van der Waals surface area contributed by atoms with Crippen LogP contribution in [0.2, 0.25) is 0 Å². The van der Waals surface area contributed by atoms with E-state index in [9.17, 15) is 4.79 Å². The standard InChI is InChI=1S/C12H24N2O/c1-3-5-6-10(4-2)12(15)14-8-7-11(13)9-14/h10-11H,3-9,13H2,1-2H3/t10?,11-/m0/s1. The second kappa shape index (κ2) is 6.11. The van der Waals surface area contributed by atoms with Crippen molar-refractivity contribution in [2.75, 3.05) is 13.1 Å². The molecule has 1 unspecified atom stereocenters. The number of nitrogens with zero attached hydrogens (tertiary/aromatic N) is 1. The van der Waals surface area contributed by atoms with Gasteiger partial charge in [0.05, 0.1) is 0 Å². The molecule has 1 saturated heterocycles. The molecule has 3 heteroatoms. The third kappa shape index (κ3) is 3.49. The molecule has 0 aromatic rings. The first-order valence-corrected chi connectivity index (χ1v) is 6.23. The van der Waals surface area contributed by atoms with Gasteiger partial charge in [0.2, 0.25) is 5.91 Å². The molecular weight excluding hydrogens is 188 g/mol. The predicted molar refractivity (Wildman–Crippen MR) is 62.5 cm³/mol. The van der Waals surface area contributed by atoms with Crippen LogP contribution in [-0.2, 0) is 4.79 Å². The van der Waals surface area contributed by atoms with Crippen molar-refractivity contribution in [3.8, 4) is 0 Å². The largest absolute Gasteiger partial charge is 0.341 e. The second-order valence-electron chi connectivity index (χ2n) is 4.58. The summed E-state index contributed by atoms with van der Waals surface area (Å²) in [6, 6.07) is 0.206. The lowest BCUT2D eigenvalue weighted by Crippen LogP contribution is -2.36. The fraction of sp³-hybridized carbons (Fsp3) is 0.917. The van der Waals surface area contributed by atoms with Crippen LogP contribution in [0.3, 0.4) is 0 Å². The van der Waals surface area contributed by atoms with Gasteiger partial charge in [0.15, 0.2) is 0 Å². The lowest BCUT2D eigenvalue weighted by molar-refractivity contribution is -0.134. The van der Waals surface area contributed by atoms with Crippen LogP contribution >= 0.6 is 0 Å². The highest BCUT2D eigenvalue weighted by Crippen LogP contribution is 2.18. The summed E-state index contributed by atoms with van der Waals surface area (Å²) < 4.78 is 0. The molecule has 2 atom stereocenters. The van der Waals surface area contributed by atoms with Crippen LogP contribution in [0, 0.1) is 5.92 Å². The minimum Gasteiger partial charge on any atom is -0.341 e. The minimum atomic E-state index is 0.206. The summed E-state index contributed by atoms with van der Waals surface area (Å²) in [4.78, 5) is 14.1. The molecule has 0 aromatic carbocycles. The smallest absolute Gasteiger partial charge is 0.225 e. The number of hydrogen-bond donors (Lipinski definition) is 1. The van der Waals surface area contributed by atoms with Crippen molar-refractivity contribution < 1.29 is 4.79 Å². The van der Waals surface area contributed by atoms with E-state index in [1.54, 1.807) is 0 Å². The molecule has 1 aliphatic rings. The van der Waals surface area contributed by atoms with E-state index in [4.69, 9.17) is 5.73 Å². The maximum atomic E-state index is 12.1. The summed E-state index contributed by atoms with van der Waals surface area (Å²) in [5.41, 5.74) is 5.81. The van der Waals surface area contributed by atoms with E-state index < -0.39 is 0 Å². The summed E-state index contributed by atoms with van der Waals surface area (Å²) in [6.45, 7) is 5.90. The SMILES string of the molecule is CCCCC(CC)C(=O)N1CC[C@H](N)C1. The molecule has 0 bridgehead atoms. The fourth-order valence-electron chi connectivity index (χ4n) is 2.20. The highest BCUT2D eigenvalue weighted by Gasteiger charge is 2.27. The van der Waals surface area contributed by atoms with E-state index in [2.05, 4.69) is 13.8 Å². The average molecular weight is 212 g/mol. The van der Waals surface area contributed by atoms with Crippen LogP contribution in [0.25, 0.3) is 0 Å². The molecule has 1 rings (SSSR count). The van der Waals surface area contributed by atoms with E-state index in [0.29, 0.717) is 5.91 Å². The number of rotatable bonds is 5. The van der Waals surface area contributed by atoms with Gasteiger partial charge in [0, 0.05) is 25.0 Å². The zero-order valence-electron chi connectivity index (χ0n) is 10.0. The Hall–Kier alpha value is -0.570. The van der Waals surface area contributed by atoms with Crippen molar-refractivity contribution in [3.63, 3.8) is 0 Å². The van der Waals surface area contributed by atoms with Gasteiger partial charge in [-0.3, -0.25) is 4.79 Å². The van der Waals surface area contributed by atoms with Crippen LogP contribution < -0.4 is 5.73 Å². The van der Waals surface area contributed by atoms with Crippen molar-refractivity contribution in [2.24, 2.45) is 11.7 Å². The topological polar surface area (TPSA) is 46.3 Å². The first-order chi connectivity index (χ1) is 7.19. The molecule has 2 N–H and O–H groups in total. The van der Waals surface area contributed by atoms with E-state index in [-0.39, 0.29) is 12.0 Å². The lowest BCUT2D eigenvalue weighted by atomic mass is 9.98. The Bertz CT molecular complexity index is 206. The lowest BCUT2D eigenvalue weighted by Gasteiger charge is -2.22. The van der Waals surface area contributed by atoms with Crippen LogP contribution in [0.5, 0.6) is 0 Å². The van der Waals surface area contributed by atoms with Gasteiger partial charge in [0.1, 0.15) is 0 Å². The number of carbonyl (C=O) groups excluding carboxylic acids is 1. The van der Waals surface area contributed by atoms with Gasteiger partial charge in [-0.2, -0.15) is 0 Å². The van der Waals surface area contributed by atoms with Crippen molar-refractivity contribution in [1.82, 2.24) is 4.90 Å². The molecule has 1 amide bonds. The predicted octanol–water partition coefficient (Wildman–Crippen LogP) is 1.76. The zero-order valence-corrected chi connectivity index (χ0v) is 10.0. The molecule has 1 heterocycles. The van der Waals surface area contributed by atoms with E-state index >= 15 is 0 Å². The maximum absolute atomic E-state index is 12.1. The molecule has 3 nitrogen and oxygen atoms in total. The number of nitrogens with two attached hydrogens (primary N) is 1. The quantitative estimate of drug-likeness (QED) is 0.755. The Balaban J connectivity index is 2.42. The van der Waals surface area contributed by atoms with Crippen LogP contribution in [0.4, 0.5) is 0 Å². The Labute approximate surface area is 93.0 Å². The Morgan fingerprint density at radius 3 is 2.73 bits per heavy atom. The van der Waals surface area contributed by atoms with Crippen LogP contribution in [0.15, 0.2) is 0 Å². The van der Waals surface area contributed by atoms with Crippen molar-refractivity contribution >= 4 is 5.91 Å². The Kier molecular flexibility index (Phi) is 5.09. The molecule has 88 valence electrons. The van der Waals surface area contributed by atoms with Gasteiger partial charge in [-0.05, 0) is 19.3 Å². The number of amides is 1. The number of unbranched alkanes of at least 4 members (excludes halogenated alkanes) is 1. The third-order valence-electron chi connectivity index (χ3n) is 3.28. The van der Waals surface area contributed by atoms with Gasteiger partial charge in [-0.15, -0.1) is 0 Å². The molecule has 0 saturated carbocycles. The van der Waals surface area contributed by atoms with Crippen molar-refractivity contribution in [2.45, 2.75) is 52.0 Å². The highest BCUT2D eigenvalue weighted by molar-refractivity contribution is 5.79. The van der Waals surface area contributed by atoms with Crippen LogP contribution in [0.1, 0.15) is 46.0 Å². The summed E-state index contributed by atoms with van der Waals surface area (Å²) in [5.74, 6) is 0.564. The highest BCUT2D eigenvalue weighted by atomic mass is 16.2. The van der Waals surface area contributed by atoms with E-state index in [0.717, 1.165) is 38.8 Å². The summed E-state index contributed by atoms with van der Waals surface area (Å²) in [6.07, 6.45) is 5.30. The van der Waals surface area contributed by atoms with Gasteiger partial charge in [0.25, 0.3) is 0 Å². The molecule has 1 aliphatic heterocycles. The molecule has 0 aliphatic carbocycles. The first kappa shape index (κ1) is 12.5. The first-order valence-electron chi connectivity index (χ1n) is 6.23. The molecular formula is C12H24N2O. The zero-order chi connectivity index (χ0) is 11.3. The number of likely N-dealkylation sites (tertiary alicyclic amines) is 1. The molecule has 1 fully saturated rings. The van der Waals surface area contributed by atoms with Crippen molar-refractivity contribution in [3.05, 3.63) is 0 Å². The van der Waals surface area contributed by atoms with Gasteiger partial charge < -0.3 is 10.6 Å². The summed E-state index contributed by atoms with van der Waals surface area (Å²) >= 11 is 0. The third-order valence-corrected chi connectivity index (χ3v) is 3.28. The van der Waals surface area contributed by atoms with E-state index in [1.165, 1.54) is 6.42 Å². The fourth-order valence-corrected chi connectivity index (χ4v) is 2.20. The second-order valence-corrected chi connectivity index (χ2v) is 4.58. The van der Waals surface area contributed by atoms with Gasteiger partial charge in [-0.1, -0.05) is 26.7 Å². The number of hydrogen-bond acceptors (Lipinski definition) is 2. The monoisotopic (exact) mass is 212 g/mol. The van der Waals surface area contributed by atoms with Crippen molar-refractivity contribution in [1.29, 1.82) is 0 Å². The van der Waals surface area contributed by atoms with Gasteiger partial charge in [-0.25, -0.2) is 0 Å². The molecule has 0 radical (unpaired) electrons. The molecule has 0 spiro atoms. The summed E-state index contributed by atoms with van der Waals surface area (Å²) in [5, 5.41) is 0. The molecule has 15 heavy (non-hydrogen) atoms. The Morgan fingerprint density at radius 2 is 2.27 bits per heavy atom. The number of carbonyl (C=O) groups is 1. The molecule has 0 aromatic heterocycles.